The summed E-state index contributed by atoms with van der Waals surface area (Å²) in [5, 5.41) is 13.7. The highest BCUT2D eigenvalue weighted by Crippen LogP contribution is 2.39. The lowest BCUT2D eigenvalue weighted by molar-refractivity contribution is -0.255. The van der Waals surface area contributed by atoms with E-state index in [9.17, 15) is 27.9 Å². The Morgan fingerprint density at radius 2 is 2.00 bits per heavy atom. The van der Waals surface area contributed by atoms with E-state index in [0.717, 1.165) is 6.07 Å². The van der Waals surface area contributed by atoms with Gasteiger partial charge in [-0.3, -0.25) is 10.4 Å². The van der Waals surface area contributed by atoms with E-state index in [0.29, 0.717) is 5.01 Å². The maximum absolute atomic E-state index is 14.6. The lowest BCUT2D eigenvalue weighted by atomic mass is 10.1. The maximum Gasteiger partial charge on any atom is 0.336 e. The number of halogens is 5. The first-order valence-electron chi connectivity index (χ1n) is 8.70. The Labute approximate surface area is 184 Å². The number of rotatable bonds is 7. The molecule has 0 aliphatic carbocycles. The Balaban J connectivity index is 2.23. The van der Waals surface area contributed by atoms with Crippen LogP contribution in [-0.4, -0.2) is 41.7 Å². The van der Waals surface area contributed by atoms with Crippen molar-refractivity contribution in [2.45, 2.75) is 19.9 Å². The number of carbonyl (C=O) groups excluding carboxylic acids is 2. The largest absolute Gasteiger partial charge is 0.529 e. The predicted octanol–water partition coefficient (Wildman–Crippen LogP) is 3.22. The van der Waals surface area contributed by atoms with Crippen LogP contribution in [-0.2, 0) is 6.54 Å². The van der Waals surface area contributed by atoms with Gasteiger partial charge < -0.3 is 20.0 Å². The molecule has 1 aromatic carbocycles. The Kier molecular flexibility index (Phi) is 8.57. The molecule has 0 bridgehead atoms. The number of nitrogens with one attached hydrogen (secondary N) is 2. The molecule has 0 radical (unpaired) electrons. The lowest BCUT2D eigenvalue weighted by Crippen LogP contribution is -2.54. The fourth-order valence-electron chi connectivity index (χ4n) is 2.45. The second-order valence-electron chi connectivity index (χ2n) is 5.92. The summed E-state index contributed by atoms with van der Waals surface area (Å²) >= 11 is 12.0. The summed E-state index contributed by atoms with van der Waals surface area (Å²) in [4.78, 5) is 26.4. The summed E-state index contributed by atoms with van der Waals surface area (Å²) in [6.45, 7) is 0.210. The highest BCUT2D eigenvalue weighted by molar-refractivity contribution is 6.36. The zero-order chi connectivity index (χ0) is 23.1. The van der Waals surface area contributed by atoms with Crippen LogP contribution < -0.4 is 20.6 Å². The van der Waals surface area contributed by atoms with Crippen molar-refractivity contribution in [1.29, 1.82) is 0 Å². The molecule has 0 spiro atoms. The number of pyridine rings is 1. The Morgan fingerprint density at radius 1 is 1.29 bits per heavy atom. The van der Waals surface area contributed by atoms with Gasteiger partial charge in [-0.25, -0.2) is 23.0 Å². The number of ether oxygens (including phenoxy) is 1. The summed E-state index contributed by atoms with van der Waals surface area (Å²) in [5.41, 5.74) is 1.90. The molecule has 2 aromatic rings. The van der Waals surface area contributed by atoms with E-state index >= 15 is 0 Å². The molecule has 13 heteroatoms. The van der Waals surface area contributed by atoms with Crippen molar-refractivity contribution in [2.75, 3.05) is 13.2 Å². The monoisotopic (exact) mass is 479 g/mol. The van der Waals surface area contributed by atoms with Gasteiger partial charge in [0.2, 0.25) is 0 Å². The summed E-state index contributed by atoms with van der Waals surface area (Å²) in [7, 11) is 0. The smallest absolute Gasteiger partial charge is 0.336 e. The summed E-state index contributed by atoms with van der Waals surface area (Å²) in [6, 6.07) is 2.85. The summed E-state index contributed by atoms with van der Waals surface area (Å²) in [5.74, 6) is -0.940. The van der Waals surface area contributed by atoms with Crippen LogP contribution in [0.5, 0.6) is 5.75 Å². The van der Waals surface area contributed by atoms with Crippen molar-refractivity contribution in [3.63, 3.8) is 0 Å². The first-order chi connectivity index (χ1) is 14.6. The van der Waals surface area contributed by atoms with E-state index in [-0.39, 0.29) is 45.7 Å². The number of hydrazine groups is 1. The van der Waals surface area contributed by atoms with Gasteiger partial charge in [0.25, 0.3) is 6.43 Å². The van der Waals surface area contributed by atoms with E-state index in [2.05, 4.69) is 10.3 Å². The molecule has 8 nitrogen and oxygen atoms in total. The minimum atomic E-state index is -2.76. The van der Waals surface area contributed by atoms with E-state index < -0.39 is 31.0 Å². The summed E-state index contributed by atoms with van der Waals surface area (Å²) < 4.78 is 44.7. The van der Waals surface area contributed by atoms with Gasteiger partial charge in [0.15, 0.2) is 6.09 Å². The minimum absolute atomic E-state index is 0.00835. The van der Waals surface area contributed by atoms with Gasteiger partial charge in [-0.1, -0.05) is 23.2 Å². The number of nitrogens with zero attached hydrogens (tertiary/aromatic N) is 2. The van der Waals surface area contributed by atoms with Gasteiger partial charge in [0.05, 0.1) is 17.3 Å². The van der Waals surface area contributed by atoms with Crippen LogP contribution in [0.4, 0.5) is 22.8 Å². The van der Waals surface area contributed by atoms with Gasteiger partial charge >= 0.3 is 6.03 Å². The highest BCUT2D eigenvalue weighted by atomic mass is 35.5. The predicted molar refractivity (Wildman–Crippen MR) is 104 cm³/mol. The maximum atomic E-state index is 14.6. The third-order valence-corrected chi connectivity index (χ3v) is 4.28. The van der Waals surface area contributed by atoms with E-state index in [1.807, 2.05) is 0 Å². The van der Waals surface area contributed by atoms with Gasteiger partial charge in [-0.05, 0) is 25.1 Å². The third kappa shape index (κ3) is 6.79. The van der Waals surface area contributed by atoms with Crippen LogP contribution in [0.1, 0.15) is 12.6 Å². The molecule has 0 atom stereocenters. The fraction of sp³-hybridized carbons (Fsp3) is 0.278. The van der Waals surface area contributed by atoms with Gasteiger partial charge in [0.1, 0.15) is 18.2 Å². The third-order valence-electron chi connectivity index (χ3n) is 3.79. The van der Waals surface area contributed by atoms with Crippen molar-refractivity contribution in [3.05, 3.63) is 46.0 Å². The van der Waals surface area contributed by atoms with E-state index in [1.54, 1.807) is 5.43 Å². The highest BCUT2D eigenvalue weighted by Gasteiger charge is 2.18. The second-order valence-corrected chi connectivity index (χ2v) is 6.76. The molecule has 0 aliphatic heterocycles. The Bertz CT molecular complexity index is 966. The van der Waals surface area contributed by atoms with Gasteiger partial charge in [-0.15, -0.1) is 0 Å². The average molecular weight is 480 g/mol. The van der Waals surface area contributed by atoms with Crippen LogP contribution >= 0.6 is 23.2 Å². The van der Waals surface area contributed by atoms with E-state index in [4.69, 9.17) is 27.9 Å². The molecule has 2 N–H and O–H groups in total. The normalized spacial score (nSPS) is 10.7. The number of carboxylic acid groups (broad SMARTS) is 1. The van der Waals surface area contributed by atoms with Crippen LogP contribution in [0.2, 0.25) is 10.0 Å². The molecule has 0 saturated heterocycles. The second kappa shape index (κ2) is 10.9. The molecule has 3 amide bonds. The molecule has 0 aliphatic rings. The zero-order valence-corrected chi connectivity index (χ0v) is 17.4. The first-order valence-corrected chi connectivity index (χ1v) is 9.45. The van der Waals surface area contributed by atoms with Gasteiger partial charge in [0, 0.05) is 28.9 Å². The number of carbonyl (C=O) groups is 2. The molecule has 1 heterocycles. The number of alkyl halides is 2. The quantitative estimate of drug-likeness (QED) is 0.593. The molecule has 0 unspecified atom stereocenters. The molecular formula is C18H16Cl2F3N4O4-. The topological polar surface area (TPSA) is 107 Å². The van der Waals surface area contributed by atoms with Crippen LogP contribution in [0.3, 0.4) is 0 Å². The fourth-order valence-corrected chi connectivity index (χ4v) is 3.00. The lowest BCUT2D eigenvalue weighted by Gasteiger charge is -2.23. The molecule has 0 saturated carbocycles. The van der Waals surface area contributed by atoms with Crippen molar-refractivity contribution in [1.82, 2.24) is 20.7 Å². The number of hydrogen-bond donors (Lipinski definition) is 2. The molecule has 168 valence electrons. The van der Waals surface area contributed by atoms with Crippen molar-refractivity contribution in [2.24, 2.45) is 0 Å². The number of aromatic nitrogens is 1. The number of urea groups is 1. The van der Waals surface area contributed by atoms with Crippen molar-refractivity contribution < 1.29 is 32.6 Å². The molecule has 2 rings (SSSR count). The number of hydrogen-bond acceptors (Lipinski definition) is 5. The molecule has 1 aromatic heterocycles. The van der Waals surface area contributed by atoms with Crippen LogP contribution in [0.25, 0.3) is 11.1 Å². The van der Waals surface area contributed by atoms with Crippen molar-refractivity contribution in [3.8, 4) is 16.9 Å². The zero-order valence-electron chi connectivity index (χ0n) is 15.9. The standard InChI is InChI=1S/C18H17Cl2F3N4O4/c1-2-27(26-18(29)30)17(28)25-7-14-13(21)3-9(6-24-14)11-4-10(19)5-12(20)16(11)31-8-15(22)23/h3-6,15,26H,2,7-8H2,1H3,(H,25,28)(H,29,30)/p-1. The van der Waals surface area contributed by atoms with Gasteiger partial charge in [-0.2, -0.15) is 0 Å². The van der Waals surface area contributed by atoms with Crippen LogP contribution in [0.15, 0.2) is 24.4 Å². The number of benzene rings is 1. The van der Waals surface area contributed by atoms with E-state index in [1.165, 1.54) is 25.3 Å². The first kappa shape index (κ1) is 24.4. The Morgan fingerprint density at radius 3 is 2.58 bits per heavy atom. The summed E-state index contributed by atoms with van der Waals surface area (Å²) in [6.07, 6.45) is -3.22. The SMILES string of the molecule is CCN(NC(=O)[O-])C(=O)NCc1ncc(-c2cc(Cl)cc(Cl)c2OCC(F)F)cc1F. The Hall–Kier alpha value is -2.92. The average Bonchev–Trinajstić information content (AvgIpc) is 2.69. The van der Waals surface area contributed by atoms with Crippen LogP contribution in [0, 0.1) is 5.82 Å². The minimum Gasteiger partial charge on any atom is -0.529 e. The molecule has 31 heavy (non-hydrogen) atoms. The van der Waals surface area contributed by atoms with Crippen molar-refractivity contribution >= 4 is 35.3 Å². The number of amides is 3. The molecule has 0 fully saturated rings. The molecular weight excluding hydrogens is 464 g/mol.